The Hall–Kier alpha value is -1.59. The molecule has 5 heteroatoms. The molecule has 0 radical (unpaired) electrons. The van der Waals surface area contributed by atoms with Gasteiger partial charge in [-0.3, -0.25) is 4.79 Å². The van der Waals surface area contributed by atoms with Gasteiger partial charge in [-0.25, -0.2) is 0 Å². The Kier molecular flexibility index (Phi) is 3.28. The zero-order valence-electron chi connectivity index (χ0n) is 10.5. The largest absolute Gasteiger partial charge is 0.496 e. The number of ether oxygens (including phenoxy) is 2. The van der Waals surface area contributed by atoms with Crippen LogP contribution in [0.4, 0.5) is 0 Å². The van der Waals surface area contributed by atoms with Gasteiger partial charge in [0.2, 0.25) is 0 Å². The van der Waals surface area contributed by atoms with E-state index < -0.39 is 17.4 Å². The van der Waals surface area contributed by atoms with Gasteiger partial charge in [-0.2, -0.15) is 0 Å². The van der Waals surface area contributed by atoms with Crippen LogP contribution in [-0.2, 0) is 9.53 Å². The number of carboxylic acid groups (broad SMARTS) is 1. The fraction of sp³-hybridized carbons (Fsp3) is 0.462. The lowest BCUT2D eigenvalue weighted by atomic mass is 9.75. The summed E-state index contributed by atoms with van der Waals surface area (Å²) in [5.41, 5.74) is 6.83. The zero-order chi connectivity index (χ0) is 13.3. The number of rotatable bonds is 4. The molecule has 98 valence electrons. The molecule has 2 rings (SSSR count). The molecule has 0 amide bonds. The molecule has 1 fully saturated rings. The summed E-state index contributed by atoms with van der Waals surface area (Å²) in [7, 11) is 1.55. The summed E-state index contributed by atoms with van der Waals surface area (Å²) in [5.74, 6) is -0.314. The summed E-state index contributed by atoms with van der Waals surface area (Å²) in [4.78, 5) is 11.4. The molecular formula is C13H17NO4. The van der Waals surface area contributed by atoms with E-state index in [1.54, 1.807) is 13.2 Å². The summed E-state index contributed by atoms with van der Waals surface area (Å²) in [5, 5.41) is 9.35. The highest BCUT2D eigenvalue weighted by molar-refractivity contribution is 5.77. The number of methoxy groups -OCH3 is 1. The predicted octanol–water partition coefficient (Wildman–Crippen LogP) is 1.10. The van der Waals surface area contributed by atoms with Crippen LogP contribution < -0.4 is 10.5 Å². The van der Waals surface area contributed by atoms with Gasteiger partial charge in [0.15, 0.2) is 0 Å². The Morgan fingerprint density at radius 3 is 2.67 bits per heavy atom. The van der Waals surface area contributed by atoms with Crippen molar-refractivity contribution in [1.82, 2.24) is 0 Å². The van der Waals surface area contributed by atoms with Gasteiger partial charge in [0.25, 0.3) is 0 Å². The third-order valence-electron chi connectivity index (χ3n) is 3.46. The minimum atomic E-state index is -1.04. The molecule has 1 aliphatic heterocycles. The highest BCUT2D eigenvalue weighted by Gasteiger charge is 2.52. The number of carboxylic acids is 1. The van der Waals surface area contributed by atoms with E-state index in [1.165, 1.54) is 0 Å². The second-order valence-corrected chi connectivity index (χ2v) is 4.68. The maximum Gasteiger partial charge on any atom is 0.316 e. The van der Waals surface area contributed by atoms with Gasteiger partial charge in [0.05, 0.1) is 26.4 Å². The molecule has 18 heavy (non-hydrogen) atoms. The molecule has 1 saturated heterocycles. The first kappa shape index (κ1) is 12.9. The fourth-order valence-electron chi connectivity index (χ4n) is 2.15. The molecular weight excluding hydrogens is 234 g/mol. The number of aryl methyl sites for hydroxylation is 1. The topological polar surface area (TPSA) is 81.8 Å². The molecule has 3 N–H and O–H groups in total. The van der Waals surface area contributed by atoms with Crippen molar-refractivity contribution in [3.63, 3.8) is 0 Å². The molecule has 0 bridgehead atoms. The number of nitrogens with two attached hydrogens (primary N) is 1. The molecule has 0 aromatic heterocycles. The molecule has 1 aromatic rings. The maximum absolute atomic E-state index is 11.4. The molecule has 1 unspecified atom stereocenters. The smallest absolute Gasteiger partial charge is 0.316 e. The first-order valence-electron chi connectivity index (χ1n) is 5.72. The average Bonchev–Trinajstić information content (AvgIpc) is 2.26. The van der Waals surface area contributed by atoms with E-state index in [9.17, 15) is 9.90 Å². The number of carbonyl (C=O) groups is 1. The maximum atomic E-state index is 11.4. The summed E-state index contributed by atoms with van der Waals surface area (Å²) in [6.45, 7) is 2.21. The van der Waals surface area contributed by atoms with Crippen LogP contribution in [0.2, 0.25) is 0 Å². The van der Waals surface area contributed by atoms with Crippen LogP contribution in [0.5, 0.6) is 5.75 Å². The van der Waals surface area contributed by atoms with E-state index in [4.69, 9.17) is 15.2 Å². The molecule has 1 aliphatic rings. The zero-order valence-corrected chi connectivity index (χ0v) is 10.5. The fourth-order valence-corrected chi connectivity index (χ4v) is 2.15. The van der Waals surface area contributed by atoms with Crippen molar-refractivity contribution in [3.05, 3.63) is 29.3 Å². The van der Waals surface area contributed by atoms with Crippen molar-refractivity contribution < 1.29 is 19.4 Å². The minimum absolute atomic E-state index is 0.139. The molecule has 0 saturated carbocycles. The quantitative estimate of drug-likeness (QED) is 0.837. The third kappa shape index (κ3) is 1.85. The average molecular weight is 251 g/mol. The first-order chi connectivity index (χ1) is 8.51. The summed E-state index contributed by atoms with van der Waals surface area (Å²) in [6.07, 6.45) is 0. The summed E-state index contributed by atoms with van der Waals surface area (Å²) >= 11 is 0. The van der Waals surface area contributed by atoms with Crippen molar-refractivity contribution in [3.8, 4) is 5.75 Å². The lowest BCUT2D eigenvalue weighted by molar-refractivity contribution is -0.184. The second-order valence-electron chi connectivity index (χ2n) is 4.68. The molecule has 1 heterocycles. The standard InChI is InChI=1S/C13H17NO4/c1-8-3-4-10(17-2)9(5-8)11(14)13(12(15)16)6-18-7-13/h3-5,11H,6-7,14H2,1-2H3,(H,15,16). The van der Waals surface area contributed by atoms with Gasteiger partial charge in [0.1, 0.15) is 11.2 Å². The van der Waals surface area contributed by atoms with Gasteiger partial charge in [0, 0.05) is 5.56 Å². The van der Waals surface area contributed by atoms with Crippen molar-refractivity contribution in [2.75, 3.05) is 20.3 Å². The van der Waals surface area contributed by atoms with Crippen molar-refractivity contribution >= 4 is 5.97 Å². The van der Waals surface area contributed by atoms with Crippen LogP contribution in [0, 0.1) is 12.3 Å². The molecule has 5 nitrogen and oxygen atoms in total. The monoisotopic (exact) mass is 251 g/mol. The summed E-state index contributed by atoms with van der Waals surface area (Å²) < 4.78 is 10.3. The van der Waals surface area contributed by atoms with Crippen LogP contribution >= 0.6 is 0 Å². The highest BCUT2D eigenvalue weighted by atomic mass is 16.5. The Bertz CT molecular complexity index is 468. The Morgan fingerprint density at radius 2 is 2.22 bits per heavy atom. The molecule has 0 aliphatic carbocycles. The number of benzene rings is 1. The van der Waals surface area contributed by atoms with E-state index in [1.807, 2.05) is 19.1 Å². The SMILES string of the molecule is COc1ccc(C)cc1C(N)C1(C(=O)O)COC1. The minimum Gasteiger partial charge on any atom is -0.496 e. The van der Waals surface area contributed by atoms with Gasteiger partial charge >= 0.3 is 5.97 Å². The van der Waals surface area contributed by atoms with Crippen molar-refractivity contribution in [1.29, 1.82) is 0 Å². The van der Waals surface area contributed by atoms with Crippen molar-refractivity contribution in [2.45, 2.75) is 13.0 Å². The van der Waals surface area contributed by atoms with E-state index in [-0.39, 0.29) is 13.2 Å². The lowest BCUT2D eigenvalue weighted by Gasteiger charge is -2.42. The van der Waals surface area contributed by atoms with E-state index in [2.05, 4.69) is 0 Å². The lowest BCUT2D eigenvalue weighted by Crippen LogP contribution is -2.55. The van der Waals surface area contributed by atoms with Crippen LogP contribution in [0.25, 0.3) is 0 Å². The van der Waals surface area contributed by atoms with Crippen molar-refractivity contribution in [2.24, 2.45) is 11.1 Å². The van der Waals surface area contributed by atoms with Crippen LogP contribution in [0.15, 0.2) is 18.2 Å². The number of hydrogen-bond acceptors (Lipinski definition) is 4. The van der Waals surface area contributed by atoms with E-state index in [0.717, 1.165) is 5.56 Å². The Labute approximate surface area is 106 Å². The second kappa shape index (κ2) is 4.59. The van der Waals surface area contributed by atoms with Crippen LogP contribution in [0.3, 0.4) is 0 Å². The van der Waals surface area contributed by atoms with Gasteiger partial charge in [-0.1, -0.05) is 17.7 Å². The number of hydrogen-bond donors (Lipinski definition) is 2. The molecule has 1 aromatic carbocycles. The first-order valence-corrected chi connectivity index (χ1v) is 5.72. The normalized spacial score (nSPS) is 18.8. The Balaban J connectivity index is 2.41. The van der Waals surface area contributed by atoms with Gasteiger partial charge in [-0.05, 0) is 13.0 Å². The molecule has 1 atom stereocenters. The molecule has 0 spiro atoms. The highest BCUT2D eigenvalue weighted by Crippen LogP contribution is 2.42. The van der Waals surface area contributed by atoms with Gasteiger partial charge in [-0.15, -0.1) is 0 Å². The van der Waals surface area contributed by atoms with E-state index >= 15 is 0 Å². The summed E-state index contributed by atoms with van der Waals surface area (Å²) in [6, 6.07) is 4.94. The third-order valence-corrected chi connectivity index (χ3v) is 3.46. The van der Waals surface area contributed by atoms with Crippen LogP contribution in [0.1, 0.15) is 17.2 Å². The van der Waals surface area contributed by atoms with E-state index in [0.29, 0.717) is 11.3 Å². The van der Waals surface area contributed by atoms with Crippen LogP contribution in [-0.4, -0.2) is 31.4 Å². The number of aliphatic carboxylic acids is 1. The Morgan fingerprint density at radius 1 is 1.56 bits per heavy atom. The predicted molar refractivity (Wildman–Crippen MR) is 65.5 cm³/mol. The van der Waals surface area contributed by atoms with Gasteiger partial charge < -0.3 is 20.3 Å².